The van der Waals surface area contributed by atoms with Gasteiger partial charge in [0.2, 0.25) is 0 Å². The van der Waals surface area contributed by atoms with Gasteiger partial charge in [0.05, 0.1) is 0 Å². The van der Waals surface area contributed by atoms with E-state index in [2.05, 4.69) is 31.3 Å². The zero-order valence-corrected chi connectivity index (χ0v) is 9.40. The van der Waals surface area contributed by atoms with E-state index in [1.165, 1.54) is 5.56 Å². The summed E-state index contributed by atoms with van der Waals surface area (Å²) in [6.45, 7) is 4.16. The Labute approximate surface area is 90.5 Å². The van der Waals surface area contributed by atoms with Crippen LogP contribution in [0.3, 0.4) is 0 Å². The van der Waals surface area contributed by atoms with Crippen molar-refractivity contribution in [2.75, 3.05) is 0 Å². The summed E-state index contributed by atoms with van der Waals surface area (Å²) in [5.41, 5.74) is 6.64. The molecule has 0 saturated heterocycles. The SMILES string of the molecule is CC(C)(Cc1ccccc1)NC(N)=S. The lowest BCUT2D eigenvalue weighted by molar-refractivity contribution is 0.459. The lowest BCUT2D eigenvalue weighted by Gasteiger charge is -2.26. The van der Waals surface area contributed by atoms with E-state index in [-0.39, 0.29) is 5.54 Å². The first-order valence-electron chi connectivity index (χ1n) is 4.61. The first-order valence-corrected chi connectivity index (χ1v) is 5.02. The van der Waals surface area contributed by atoms with Crippen molar-refractivity contribution in [3.63, 3.8) is 0 Å². The van der Waals surface area contributed by atoms with E-state index in [1.807, 2.05) is 18.2 Å². The van der Waals surface area contributed by atoms with Crippen molar-refractivity contribution in [2.45, 2.75) is 25.8 Å². The van der Waals surface area contributed by atoms with Gasteiger partial charge in [-0.1, -0.05) is 30.3 Å². The average molecular weight is 208 g/mol. The fourth-order valence-corrected chi connectivity index (χ4v) is 1.76. The molecule has 0 unspecified atom stereocenters. The Morgan fingerprint density at radius 3 is 2.43 bits per heavy atom. The van der Waals surface area contributed by atoms with Crippen LogP contribution >= 0.6 is 12.2 Å². The van der Waals surface area contributed by atoms with E-state index in [4.69, 9.17) is 18.0 Å². The Balaban J connectivity index is 2.63. The number of nitrogens with two attached hydrogens (primary N) is 1. The fourth-order valence-electron chi connectivity index (χ4n) is 1.48. The molecule has 0 aliphatic carbocycles. The lowest BCUT2D eigenvalue weighted by Crippen LogP contribution is -2.47. The van der Waals surface area contributed by atoms with Crippen molar-refractivity contribution in [3.8, 4) is 0 Å². The minimum atomic E-state index is -0.0901. The van der Waals surface area contributed by atoms with E-state index in [1.54, 1.807) is 0 Å². The Hall–Kier alpha value is -1.09. The highest BCUT2D eigenvalue weighted by molar-refractivity contribution is 7.80. The second-order valence-electron chi connectivity index (χ2n) is 4.04. The van der Waals surface area contributed by atoms with Gasteiger partial charge in [0, 0.05) is 5.54 Å². The second kappa shape index (κ2) is 4.42. The molecule has 0 radical (unpaired) electrons. The van der Waals surface area contributed by atoms with Crippen LogP contribution in [0.1, 0.15) is 19.4 Å². The van der Waals surface area contributed by atoms with Gasteiger partial charge in [-0.05, 0) is 38.0 Å². The highest BCUT2D eigenvalue weighted by atomic mass is 32.1. The molecule has 3 N–H and O–H groups in total. The highest BCUT2D eigenvalue weighted by Crippen LogP contribution is 2.11. The summed E-state index contributed by atoms with van der Waals surface area (Å²) in [6.07, 6.45) is 0.908. The zero-order chi connectivity index (χ0) is 10.6. The molecule has 0 amide bonds. The molecule has 0 aliphatic heterocycles. The van der Waals surface area contributed by atoms with Crippen molar-refractivity contribution in [1.29, 1.82) is 0 Å². The summed E-state index contributed by atoms with van der Waals surface area (Å²) in [7, 11) is 0. The van der Waals surface area contributed by atoms with E-state index in [0.717, 1.165) is 6.42 Å². The van der Waals surface area contributed by atoms with Crippen molar-refractivity contribution >= 4 is 17.3 Å². The van der Waals surface area contributed by atoms with Gasteiger partial charge < -0.3 is 11.1 Å². The van der Waals surface area contributed by atoms with Gasteiger partial charge in [0.15, 0.2) is 5.11 Å². The molecule has 0 fully saturated rings. The molecular weight excluding hydrogens is 192 g/mol. The third kappa shape index (κ3) is 3.75. The van der Waals surface area contributed by atoms with E-state index in [9.17, 15) is 0 Å². The molecule has 14 heavy (non-hydrogen) atoms. The Bertz CT molecular complexity index is 306. The number of nitrogens with one attached hydrogen (secondary N) is 1. The van der Waals surface area contributed by atoms with Crippen molar-refractivity contribution in [1.82, 2.24) is 5.32 Å². The minimum Gasteiger partial charge on any atom is -0.376 e. The maximum Gasteiger partial charge on any atom is 0.164 e. The Morgan fingerprint density at radius 2 is 1.93 bits per heavy atom. The van der Waals surface area contributed by atoms with Crippen LogP contribution in [0.5, 0.6) is 0 Å². The second-order valence-corrected chi connectivity index (χ2v) is 4.48. The van der Waals surface area contributed by atoms with Crippen LogP contribution in [0.2, 0.25) is 0 Å². The van der Waals surface area contributed by atoms with Crippen molar-refractivity contribution < 1.29 is 0 Å². The van der Waals surface area contributed by atoms with Gasteiger partial charge in [-0.2, -0.15) is 0 Å². The first-order chi connectivity index (χ1) is 6.49. The number of hydrogen-bond donors (Lipinski definition) is 2. The molecule has 2 nitrogen and oxygen atoms in total. The van der Waals surface area contributed by atoms with Crippen LogP contribution in [0, 0.1) is 0 Å². The average Bonchev–Trinajstić information content (AvgIpc) is 2.02. The molecule has 3 heteroatoms. The maximum atomic E-state index is 5.45. The topological polar surface area (TPSA) is 38.0 Å². The molecule has 0 heterocycles. The summed E-state index contributed by atoms with van der Waals surface area (Å²) >= 11 is 4.83. The quantitative estimate of drug-likeness (QED) is 0.744. The molecule has 0 aromatic heterocycles. The van der Waals surface area contributed by atoms with Crippen LogP contribution in [0.4, 0.5) is 0 Å². The minimum absolute atomic E-state index is 0.0901. The van der Waals surface area contributed by atoms with Gasteiger partial charge in [-0.15, -0.1) is 0 Å². The Kier molecular flexibility index (Phi) is 3.47. The third-order valence-corrected chi connectivity index (χ3v) is 2.05. The number of rotatable bonds is 3. The summed E-state index contributed by atoms with van der Waals surface area (Å²) in [6, 6.07) is 10.3. The molecule has 0 aliphatic rings. The first kappa shape index (κ1) is 11.0. The molecule has 1 aromatic carbocycles. The summed E-state index contributed by atoms with van der Waals surface area (Å²) < 4.78 is 0. The maximum absolute atomic E-state index is 5.45. The Morgan fingerprint density at radius 1 is 1.36 bits per heavy atom. The number of benzene rings is 1. The molecule has 0 atom stereocenters. The predicted octanol–water partition coefficient (Wildman–Crippen LogP) is 1.84. The molecule has 1 rings (SSSR count). The zero-order valence-electron chi connectivity index (χ0n) is 8.58. The molecule has 0 bridgehead atoms. The van der Waals surface area contributed by atoms with Gasteiger partial charge in [0.25, 0.3) is 0 Å². The van der Waals surface area contributed by atoms with Crippen LogP contribution in [0.25, 0.3) is 0 Å². The lowest BCUT2D eigenvalue weighted by atomic mass is 9.95. The van der Waals surface area contributed by atoms with Gasteiger partial charge in [-0.3, -0.25) is 0 Å². The van der Waals surface area contributed by atoms with Crippen LogP contribution in [-0.4, -0.2) is 10.7 Å². The number of thiocarbonyl (C=S) groups is 1. The van der Waals surface area contributed by atoms with E-state index >= 15 is 0 Å². The van der Waals surface area contributed by atoms with E-state index in [0.29, 0.717) is 5.11 Å². The summed E-state index contributed by atoms with van der Waals surface area (Å²) in [5.74, 6) is 0. The largest absolute Gasteiger partial charge is 0.376 e. The molecular formula is C11H16N2S. The molecule has 0 spiro atoms. The molecule has 76 valence electrons. The predicted molar refractivity (Wildman–Crippen MR) is 64.1 cm³/mol. The van der Waals surface area contributed by atoms with Crippen LogP contribution < -0.4 is 11.1 Å². The number of hydrogen-bond acceptors (Lipinski definition) is 1. The summed E-state index contributed by atoms with van der Waals surface area (Å²) in [5, 5.41) is 3.43. The molecule has 1 aromatic rings. The normalized spacial score (nSPS) is 11.0. The van der Waals surface area contributed by atoms with E-state index < -0.39 is 0 Å². The highest BCUT2D eigenvalue weighted by Gasteiger charge is 2.17. The van der Waals surface area contributed by atoms with Crippen molar-refractivity contribution in [2.24, 2.45) is 5.73 Å². The smallest absolute Gasteiger partial charge is 0.164 e. The fraction of sp³-hybridized carbons (Fsp3) is 0.364. The van der Waals surface area contributed by atoms with Gasteiger partial charge in [0.1, 0.15) is 0 Å². The van der Waals surface area contributed by atoms with Gasteiger partial charge >= 0.3 is 0 Å². The van der Waals surface area contributed by atoms with Gasteiger partial charge in [-0.25, -0.2) is 0 Å². The van der Waals surface area contributed by atoms with Crippen LogP contribution in [-0.2, 0) is 6.42 Å². The molecule has 0 saturated carbocycles. The third-order valence-electron chi connectivity index (χ3n) is 1.95. The monoisotopic (exact) mass is 208 g/mol. The van der Waals surface area contributed by atoms with Crippen LogP contribution in [0.15, 0.2) is 30.3 Å². The summed E-state index contributed by atoms with van der Waals surface area (Å²) in [4.78, 5) is 0. The standard InChI is InChI=1S/C11H16N2S/c1-11(2,13-10(12)14)8-9-6-4-3-5-7-9/h3-7H,8H2,1-2H3,(H3,12,13,14). The van der Waals surface area contributed by atoms with Crippen molar-refractivity contribution in [3.05, 3.63) is 35.9 Å².